The fourth-order valence-electron chi connectivity index (χ4n) is 3.89. The van der Waals surface area contributed by atoms with Crippen LogP contribution in [-0.2, 0) is 0 Å². The molecular formula is C16H17F3O2. The summed E-state index contributed by atoms with van der Waals surface area (Å²) in [7, 11) is 0. The van der Waals surface area contributed by atoms with Crippen molar-refractivity contribution in [1.29, 1.82) is 0 Å². The van der Waals surface area contributed by atoms with Crippen LogP contribution >= 0.6 is 0 Å². The molecule has 0 amide bonds. The summed E-state index contributed by atoms with van der Waals surface area (Å²) in [6.07, 6.45) is 0.173. The van der Waals surface area contributed by atoms with Crippen molar-refractivity contribution in [2.45, 2.75) is 38.5 Å². The highest BCUT2D eigenvalue weighted by atomic mass is 19.4. The minimum atomic E-state index is -4.77. The third kappa shape index (κ3) is 3.22. The van der Waals surface area contributed by atoms with Gasteiger partial charge in [-0.1, -0.05) is 18.6 Å². The van der Waals surface area contributed by atoms with Crippen LogP contribution in [0.1, 0.15) is 42.5 Å². The molecule has 2 bridgehead atoms. The predicted molar refractivity (Wildman–Crippen MR) is 71.0 cm³/mol. The minimum absolute atomic E-state index is 0.0394. The maximum absolute atomic E-state index is 12.4. The monoisotopic (exact) mass is 298 g/mol. The first kappa shape index (κ1) is 14.4. The highest BCUT2D eigenvalue weighted by Crippen LogP contribution is 2.50. The van der Waals surface area contributed by atoms with Crippen molar-refractivity contribution in [2.75, 3.05) is 0 Å². The van der Waals surface area contributed by atoms with E-state index in [0.717, 1.165) is 18.8 Å². The molecule has 3 rings (SSSR count). The second-order valence-electron chi connectivity index (χ2n) is 6.11. The molecule has 1 aromatic carbocycles. The number of rotatable bonds is 4. The molecule has 0 aromatic heterocycles. The van der Waals surface area contributed by atoms with Crippen molar-refractivity contribution in [2.24, 2.45) is 17.8 Å². The number of carbonyl (C=O) groups is 1. The number of hydrogen-bond donors (Lipinski definition) is 0. The van der Waals surface area contributed by atoms with Crippen molar-refractivity contribution in [1.82, 2.24) is 0 Å². The lowest BCUT2D eigenvalue weighted by atomic mass is 9.84. The SMILES string of the molecule is O=C(CC1CC2CCC1C2)c1ccccc1OC(F)(F)F. The molecule has 3 unspecified atom stereocenters. The van der Waals surface area contributed by atoms with Crippen LogP contribution in [0, 0.1) is 17.8 Å². The van der Waals surface area contributed by atoms with E-state index in [1.165, 1.54) is 31.0 Å². The number of benzene rings is 1. The number of ether oxygens (including phenoxy) is 1. The first-order valence-electron chi connectivity index (χ1n) is 7.30. The lowest BCUT2D eigenvalue weighted by Gasteiger charge is -2.21. The van der Waals surface area contributed by atoms with Gasteiger partial charge in [0.05, 0.1) is 5.56 Å². The third-order valence-corrected chi connectivity index (χ3v) is 4.75. The van der Waals surface area contributed by atoms with E-state index in [0.29, 0.717) is 18.3 Å². The van der Waals surface area contributed by atoms with Crippen LogP contribution in [0.15, 0.2) is 24.3 Å². The zero-order valence-corrected chi connectivity index (χ0v) is 11.5. The molecule has 0 heterocycles. The molecule has 2 fully saturated rings. The molecule has 114 valence electrons. The number of alkyl halides is 3. The Morgan fingerprint density at radius 1 is 1.19 bits per heavy atom. The Morgan fingerprint density at radius 3 is 2.57 bits per heavy atom. The highest BCUT2D eigenvalue weighted by molar-refractivity contribution is 5.98. The molecule has 3 atom stereocenters. The van der Waals surface area contributed by atoms with Gasteiger partial charge in [0, 0.05) is 6.42 Å². The number of halogens is 3. The molecule has 2 saturated carbocycles. The van der Waals surface area contributed by atoms with E-state index < -0.39 is 12.1 Å². The second kappa shape index (κ2) is 5.35. The van der Waals surface area contributed by atoms with Crippen LogP contribution in [0.4, 0.5) is 13.2 Å². The van der Waals surface area contributed by atoms with Gasteiger partial charge < -0.3 is 4.74 Å². The fourth-order valence-corrected chi connectivity index (χ4v) is 3.89. The maximum atomic E-state index is 12.4. The van der Waals surface area contributed by atoms with Crippen LogP contribution in [-0.4, -0.2) is 12.1 Å². The van der Waals surface area contributed by atoms with Gasteiger partial charge in [-0.05, 0) is 49.1 Å². The van der Waals surface area contributed by atoms with Crippen molar-refractivity contribution < 1.29 is 22.7 Å². The summed E-state index contributed by atoms with van der Waals surface area (Å²) in [6.45, 7) is 0. The topological polar surface area (TPSA) is 26.3 Å². The average molecular weight is 298 g/mol. The van der Waals surface area contributed by atoms with E-state index in [1.807, 2.05) is 0 Å². The fraction of sp³-hybridized carbons (Fsp3) is 0.562. The maximum Gasteiger partial charge on any atom is 0.573 e. The van der Waals surface area contributed by atoms with Crippen LogP contribution in [0.3, 0.4) is 0 Å². The van der Waals surface area contributed by atoms with E-state index in [4.69, 9.17) is 0 Å². The standard InChI is InChI=1S/C16H17F3O2/c17-16(18,19)21-15-4-2-1-3-13(15)14(20)9-12-8-10-5-6-11(12)7-10/h1-4,10-12H,5-9H2. The highest BCUT2D eigenvalue weighted by Gasteiger charge is 2.40. The molecule has 1 aromatic rings. The summed E-state index contributed by atoms with van der Waals surface area (Å²) in [5.74, 6) is 0.991. The molecule has 2 aliphatic carbocycles. The van der Waals surface area contributed by atoms with Crippen LogP contribution < -0.4 is 4.74 Å². The number of fused-ring (bicyclic) bond motifs is 2. The lowest BCUT2D eigenvalue weighted by Crippen LogP contribution is -2.20. The third-order valence-electron chi connectivity index (χ3n) is 4.75. The minimum Gasteiger partial charge on any atom is -0.405 e. The van der Waals surface area contributed by atoms with Gasteiger partial charge in [0.2, 0.25) is 0 Å². The molecule has 5 heteroatoms. The number of hydrogen-bond acceptors (Lipinski definition) is 2. The summed E-state index contributed by atoms with van der Waals surface area (Å²) in [4.78, 5) is 12.3. The number of Topliss-reactive ketones (excluding diaryl/α,β-unsaturated/α-hetero) is 1. The first-order chi connectivity index (χ1) is 9.92. The number of ketones is 1. The van der Waals surface area contributed by atoms with Gasteiger partial charge in [0.1, 0.15) is 5.75 Å². The summed E-state index contributed by atoms with van der Waals surface area (Å²) >= 11 is 0. The molecule has 0 aliphatic heterocycles. The van der Waals surface area contributed by atoms with Crippen molar-refractivity contribution in [3.05, 3.63) is 29.8 Å². The molecule has 21 heavy (non-hydrogen) atoms. The smallest absolute Gasteiger partial charge is 0.405 e. The Bertz CT molecular complexity index is 539. The van der Waals surface area contributed by atoms with Gasteiger partial charge in [0.25, 0.3) is 0 Å². The molecular weight excluding hydrogens is 281 g/mol. The number of para-hydroxylation sites is 1. The van der Waals surface area contributed by atoms with Gasteiger partial charge in [0.15, 0.2) is 5.78 Å². The second-order valence-corrected chi connectivity index (χ2v) is 6.11. The van der Waals surface area contributed by atoms with E-state index in [-0.39, 0.29) is 11.3 Å². The van der Waals surface area contributed by atoms with E-state index in [9.17, 15) is 18.0 Å². The molecule has 0 N–H and O–H groups in total. The van der Waals surface area contributed by atoms with E-state index >= 15 is 0 Å². The van der Waals surface area contributed by atoms with Crippen molar-refractivity contribution in [3.63, 3.8) is 0 Å². The van der Waals surface area contributed by atoms with E-state index in [1.54, 1.807) is 6.07 Å². The predicted octanol–water partition coefficient (Wildman–Crippen LogP) is 4.59. The van der Waals surface area contributed by atoms with Gasteiger partial charge in [-0.3, -0.25) is 4.79 Å². The zero-order valence-electron chi connectivity index (χ0n) is 11.5. The van der Waals surface area contributed by atoms with E-state index in [2.05, 4.69) is 4.74 Å². The Balaban J connectivity index is 1.72. The van der Waals surface area contributed by atoms with Gasteiger partial charge in [-0.2, -0.15) is 0 Å². The Kier molecular flexibility index (Phi) is 3.68. The summed E-state index contributed by atoms with van der Waals surface area (Å²) in [6, 6.07) is 5.62. The normalized spacial score (nSPS) is 27.9. The Morgan fingerprint density at radius 2 is 1.95 bits per heavy atom. The largest absolute Gasteiger partial charge is 0.573 e. The Labute approximate surface area is 121 Å². The summed E-state index contributed by atoms with van der Waals surface area (Å²) < 4.78 is 41.1. The van der Waals surface area contributed by atoms with Gasteiger partial charge in [-0.15, -0.1) is 13.2 Å². The van der Waals surface area contributed by atoms with Gasteiger partial charge >= 0.3 is 6.36 Å². The first-order valence-corrected chi connectivity index (χ1v) is 7.30. The van der Waals surface area contributed by atoms with Crippen molar-refractivity contribution >= 4 is 5.78 Å². The molecule has 2 aliphatic rings. The summed E-state index contributed by atoms with van der Waals surface area (Å²) in [5, 5.41) is 0. The average Bonchev–Trinajstić information content (AvgIpc) is 2.99. The van der Waals surface area contributed by atoms with Crippen molar-refractivity contribution in [3.8, 4) is 5.75 Å². The van der Waals surface area contributed by atoms with Crippen LogP contribution in [0.5, 0.6) is 5.75 Å². The molecule has 0 spiro atoms. The number of carbonyl (C=O) groups excluding carboxylic acids is 1. The molecule has 2 nitrogen and oxygen atoms in total. The lowest BCUT2D eigenvalue weighted by molar-refractivity contribution is -0.274. The summed E-state index contributed by atoms with van der Waals surface area (Å²) in [5.41, 5.74) is 0.0394. The van der Waals surface area contributed by atoms with Crippen LogP contribution in [0.2, 0.25) is 0 Å². The zero-order chi connectivity index (χ0) is 15.0. The quantitative estimate of drug-likeness (QED) is 0.760. The molecule has 0 saturated heterocycles. The Hall–Kier alpha value is -1.52. The van der Waals surface area contributed by atoms with Crippen LogP contribution in [0.25, 0.3) is 0 Å². The van der Waals surface area contributed by atoms with Gasteiger partial charge in [-0.25, -0.2) is 0 Å². The molecule has 0 radical (unpaired) electrons.